The summed E-state index contributed by atoms with van der Waals surface area (Å²) in [6, 6.07) is 15.0. The van der Waals surface area contributed by atoms with E-state index in [4.69, 9.17) is 19.1 Å². The molecular weight excluding hydrogens is 472 g/mol. The summed E-state index contributed by atoms with van der Waals surface area (Å²) < 4.78 is 9.94. The summed E-state index contributed by atoms with van der Waals surface area (Å²) in [7, 11) is 4.25. The molecule has 0 aliphatic heterocycles. The predicted octanol–water partition coefficient (Wildman–Crippen LogP) is 4.75. The Morgan fingerprint density at radius 1 is 0.973 bits per heavy atom. The van der Waals surface area contributed by atoms with E-state index in [1.165, 1.54) is 27.6 Å². The number of hydrogen-bond donors (Lipinski definition) is 0. The van der Waals surface area contributed by atoms with Gasteiger partial charge in [0.25, 0.3) is 0 Å². The molecule has 0 N–H and O–H groups in total. The molecule has 0 unspecified atom stereocenters. The molecule has 0 saturated heterocycles. The highest BCUT2D eigenvalue weighted by Crippen LogP contribution is 2.22. The lowest BCUT2D eigenvalue weighted by Gasteiger charge is -2.11. The molecule has 0 aliphatic rings. The van der Waals surface area contributed by atoms with Crippen LogP contribution in [0.1, 0.15) is 34.9 Å². The molecule has 3 rings (SSSR count). The van der Waals surface area contributed by atoms with Gasteiger partial charge in [-0.05, 0) is 24.1 Å². The number of aromatic nitrogens is 2. The van der Waals surface area contributed by atoms with Crippen molar-refractivity contribution in [3.63, 3.8) is 0 Å². The largest absolute Gasteiger partial charge is 0.503 e. The fourth-order valence-electron chi connectivity index (χ4n) is 3.35. The number of hydrogen-bond acceptors (Lipinski definition) is 9. The van der Waals surface area contributed by atoms with Gasteiger partial charge in [0.15, 0.2) is 0 Å². The number of nitrogens with zero attached hydrogens (tertiary/aromatic N) is 4. The summed E-state index contributed by atoms with van der Waals surface area (Å²) in [6.07, 6.45) is 10.1. The molecule has 9 nitrogen and oxygen atoms in total. The van der Waals surface area contributed by atoms with E-state index < -0.39 is 5.97 Å². The Bertz CT molecular complexity index is 1300. The van der Waals surface area contributed by atoms with Gasteiger partial charge in [-0.25, -0.2) is 4.79 Å². The van der Waals surface area contributed by atoms with Crippen molar-refractivity contribution < 1.29 is 23.9 Å². The third kappa shape index (κ3) is 7.60. The van der Waals surface area contributed by atoms with Crippen LogP contribution in [-0.2, 0) is 30.6 Å². The van der Waals surface area contributed by atoms with Crippen LogP contribution in [0.25, 0.3) is 17.7 Å². The molecule has 2 aromatic carbocycles. The van der Waals surface area contributed by atoms with E-state index in [1.807, 2.05) is 54.6 Å². The van der Waals surface area contributed by atoms with E-state index in [0.717, 1.165) is 22.4 Å². The van der Waals surface area contributed by atoms with Gasteiger partial charge in [0.1, 0.15) is 30.7 Å². The molecule has 37 heavy (non-hydrogen) atoms. The second kappa shape index (κ2) is 13.9. The van der Waals surface area contributed by atoms with Crippen LogP contribution in [0, 0.1) is 0 Å². The topological polar surface area (TPSA) is 104 Å². The second-order valence-corrected chi connectivity index (χ2v) is 7.57. The first-order valence-electron chi connectivity index (χ1n) is 11.3. The van der Waals surface area contributed by atoms with Gasteiger partial charge in [-0.3, -0.25) is 9.97 Å². The number of rotatable bonds is 11. The summed E-state index contributed by atoms with van der Waals surface area (Å²) in [5, 5.41) is 8.36. The fourth-order valence-corrected chi connectivity index (χ4v) is 3.35. The van der Waals surface area contributed by atoms with Gasteiger partial charge in [-0.1, -0.05) is 64.9 Å². The van der Waals surface area contributed by atoms with Crippen LogP contribution in [0.3, 0.4) is 0 Å². The highest BCUT2D eigenvalue weighted by molar-refractivity contribution is 6.47. The van der Waals surface area contributed by atoms with Gasteiger partial charge in [0.2, 0.25) is 0 Å². The van der Waals surface area contributed by atoms with Gasteiger partial charge in [0, 0.05) is 23.5 Å². The third-order valence-corrected chi connectivity index (χ3v) is 5.11. The molecule has 1 heterocycles. The highest BCUT2D eigenvalue weighted by atomic mass is 16.6. The van der Waals surface area contributed by atoms with Crippen molar-refractivity contribution in [3.05, 3.63) is 101 Å². The van der Waals surface area contributed by atoms with E-state index in [9.17, 15) is 4.79 Å². The van der Waals surface area contributed by atoms with Crippen molar-refractivity contribution in [3.8, 4) is 0 Å². The van der Waals surface area contributed by atoms with Crippen molar-refractivity contribution in [2.75, 3.05) is 21.3 Å². The van der Waals surface area contributed by atoms with Crippen molar-refractivity contribution in [1.29, 1.82) is 0 Å². The normalized spacial score (nSPS) is 12.4. The van der Waals surface area contributed by atoms with Crippen LogP contribution in [0.5, 0.6) is 0 Å². The van der Waals surface area contributed by atoms with E-state index in [2.05, 4.69) is 20.3 Å². The lowest BCUT2D eigenvalue weighted by molar-refractivity contribution is -0.133. The summed E-state index contributed by atoms with van der Waals surface area (Å²) in [6.45, 7) is 1.88. The molecule has 0 amide bonds. The number of ether oxygens (including phenoxy) is 2. The first-order chi connectivity index (χ1) is 18.1. The number of esters is 1. The zero-order chi connectivity index (χ0) is 26.5. The Kier molecular flexibility index (Phi) is 10.1. The van der Waals surface area contributed by atoms with Crippen molar-refractivity contribution in [1.82, 2.24) is 9.97 Å². The Labute approximate surface area is 215 Å². The highest BCUT2D eigenvalue weighted by Gasteiger charge is 2.17. The van der Waals surface area contributed by atoms with E-state index in [1.54, 1.807) is 31.6 Å². The van der Waals surface area contributed by atoms with Gasteiger partial charge in [-0.15, -0.1) is 0 Å². The van der Waals surface area contributed by atoms with Gasteiger partial charge in [0.05, 0.1) is 32.4 Å². The van der Waals surface area contributed by atoms with Gasteiger partial charge < -0.3 is 19.1 Å². The Morgan fingerprint density at radius 3 is 2.43 bits per heavy atom. The number of benzene rings is 2. The van der Waals surface area contributed by atoms with Crippen LogP contribution in [0.15, 0.2) is 83.7 Å². The SMILES string of the molecule is COC=C(C(=O)OC)c1ccccc1CON=C(C)C(=NOC)c1ccc(C=Cc2cnccn2)cc1. The van der Waals surface area contributed by atoms with E-state index in [0.29, 0.717) is 17.0 Å². The average molecular weight is 501 g/mol. The van der Waals surface area contributed by atoms with Crippen molar-refractivity contribution in [2.45, 2.75) is 13.5 Å². The predicted molar refractivity (Wildman–Crippen MR) is 142 cm³/mol. The Hall–Kier alpha value is -4.79. The van der Waals surface area contributed by atoms with Gasteiger partial charge >= 0.3 is 5.97 Å². The van der Waals surface area contributed by atoms with E-state index in [-0.39, 0.29) is 12.2 Å². The minimum absolute atomic E-state index is 0.109. The first-order valence-corrected chi connectivity index (χ1v) is 11.3. The summed E-state index contributed by atoms with van der Waals surface area (Å²) in [5.41, 5.74) is 5.24. The lowest BCUT2D eigenvalue weighted by Crippen LogP contribution is -2.13. The minimum atomic E-state index is -0.515. The minimum Gasteiger partial charge on any atom is -0.503 e. The Morgan fingerprint density at radius 2 is 1.76 bits per heavy atom. The average Bonchev–Trinajstić information content (AvgIpc) is 2.94. The quantitative estimate of drug-likeness (QED) is 0.123. The van der Waals surface area contributed by atoms with Crippen LogP contribution in [0.2, 0.25) is 0 Å². The van der Waals surface area contributed by atoms with E-state index >= 15 is 0 Å². The van der Waals surface area contributed by atoms with Crippen molar-refractivity contribution >= 4 is 35.1 Å². The standard InChI is InChI=1S/C28H28N4O5/c1-20(31-37-18-23-7-5-6-8-25(23)26(19-34-2)28(33)35-3)27(32-36-4)22-12-9-21(10-13-22)11-14-24-17-29-15-16-30-24/h5-17,19H,18H2,1-4H3. The number of oxime groups is 2. The molecule has 0 atom stereocenters. The maximum Gasteiger partial charge on any atom is 0.341 e. The van der Waals surface area contributed by atoms with Crippen LogP contribution in [-0.4, -0.2) is 48.7 Å². The molecular formula is C28H28N4O5. The molecule has 0 fully saturated rings. The zero-order valence-corrected chi connectivity index (χ0v) is 21.1. The second-order valence-electron chi connectivity index (χ2n) is 7.57. The number of carbonyl (C=O) groups excluding carboxylic acids is 1. The van der Waals surface area contributed by atoms with Crippen LogP contribution in [0.4, 0.5) is 0 Å². The van der Waals surface area contributed by atoms with Crippen LogP contribution < -0.4 is 0 Å². The summed E-state index contributed by atoms with van der Waals surface area (Å²) in [4.78, 5) is 31.2. The zero-order valence-electron chi connectivity index (χ0n) is 21.1. The first kappa shape index (κ1) is 26.8. The Balaban J connectivity index is 1.74. The molecule has 190 valence electrons. The molecule has 3 aromatic rings. The molecule has 0 spiro atoms. The van der Waals surface area contributed by atoms with Crippen molar-refractivity contribution in [2.24, 2.45) is 10.3 Å². The smallest absolute Gasteiger partial charge is 0.341 e. The van der Waals surface area contributed by atoms with Gasteiger partial charge in [-0.2, -0.15) is 0 Å². The number of methoxy groups -OCH3 is 2. The molecule has 1 aromatic heterocycles. The molecule has 0 saturated carbocycles. The van der Waals surface area contributed by atoms with Crippen LogP contribution >= 0.6 is 0 Å². The third-order valence-electron chi connectivity index (χ3n) is 5.11. The molecule has 9 heteroatoms. The molecule has 0 aliphatic carbocycles. The lowest BCUT2D eigenvalue weighted by atomic mass is 10.0. The fraction of sp³-hybridized carbons (Fsp3) is 0.179. The number of carbonyl (C=O) groups is 1. The summed E-state index contributed by atoms with van der Waals surface area (Å²) in [5.74, 6) is -0.515. The monoisotopic (exact) mass is 500 g/mol. The summed E-state index contributed by atoms with van der Waals surface area (Å²) >= 11 is 0. The molecule has 0 bridgehead atoms. The maximum absolute atomic E-state index is 12.2. The molecule has 0 radical (unpaired) electrons. The maximum atomic E-state index is 12.2.